The molecular weight excluding hydrogens is 428 g/mol. The summed E-state index contributed by atoms with van der Waals surface area (Å²) in [7, 11) is 1.29. The highest BCUT2D eigenvalue weighted by Crippen LogP contribution is 2.32. The molecule has 0 spiro atoms. The third-order valence-corrected chi connectivity index (χ3v) is 7.05. The Morgan fingerprint density at radius 1 is 1.09 bits per heavy atom. The Labute approximate surface area is 191 Å². The molecule has 1 atom stereocenters. The standard InChI is InChI=1S/C24H26N2O5S/c1-31-24(30)17-9-11-18(12-10-17)26-21(27)14-20(23(26)29)25(15-19-8-5-13-32-19)22(28)16-6-3-2-4-7-16/h5,8-13,16,20H,2-4,6-7,14-15H2,1H3. The second-order valence-electron chi connectivity index (χ2n) is 8.21. The summed E-state index contributed by atoms with van der Waals surface area (Å²) in [6.07, 6.45) is 4.77. The summed E-state index contributed by atoms with van der Waals surface area (Å²) in [4.78, 5) is 55.1. The zero-order chi connectivity index (χ0) is 22.7. The van der Waals surface area contributed by atoms with Gasteiger partial charge in [-0.2, -0.15) is 0 Å². The lowest BCUT2D eigenvalue weighted by Gasteiger charge is -2.32. The van der Waals surface area contributed by atoms with Crippen molar-refractivity contribution >= 4 is 40.7 Å². The van der Waals surface area contributed by atoms with E-state index in [1.54, 1.807) is 17.0 Å². The molecule has 1 unspecified atom stereocenters. The first-order valence-corrected chi connectivity index (χ1v) is 11.8. The molecule has 2 heterocycles. The van der Waals surface area contributed by atoms with Crippen LogP contribution in [0.4, 0.5) is 5.69 Å². The first-order chi connectivity index (χ1) is 15.5. The van der Waals surface area contributed by atoms with Gasteiger partial charge in [-0.1, -0.05) is 25.3 Å². The number of anilines is 1. The van der Waals surface area contributed by atoms with Gasteiger partial charge in [0.1, 0.15) is 6.04 Å². The number of carbonyl (C=O) groups excluding carboxylic acids is 4. The van der Waals surface area contributed by atoms with Crippen molar-refractivity contribution in [3.8, 4) is 0 Å². The Hall–Kier alpha value is -3.00. The van der Waals surface area contributed by atoms with Crippen molar-refractivity contribution in [2.75, 3.05) is 12.0 Å². The van der Waals surface area contributed by atoms with Crippen molar-refractivity contribution in [2.45, 2.75) is 51.1 Å². The molecular formula is C24H26N2O5S. The summed E-state index contributed by atoms with van der Waals surface area (Å²) in [5, 5.41) is 1.94. The summed E-state index contributed by atoms with van der Waals surface area (Å²) >= 11 is 1.53. The first-order valence-electron chi connectivity index (χ1n) is 10.9. The minimum Gasteiger partial charge on any atom is -0.465 e. The van der Waals surface area contributed by atoms with Gasteiger partial charge >= 0.3 is 5.97 Å². The second kappa shape index (κ2) is 9.65. The lowest BCUT2D eigenvalue weighted by atomic mass is 9.88. The zero-order valence-corrected chi connectivity index (χ0v) is 18.8. The normalized spacial score (nSPS) is 19.3. The number of ether oxygens (including phenoxy) is 1. The Balaban J connectivity index is 1.59. The van der Waals surface area contributed by atoms with Crippen LogP contribution in [-0.2, 0) is 25.7 Å². The molecule has 2 aliphatic rings. The van der Waals surface area contributed by atoms with Gasteiger partial charge in [-0.3, -0.25) is 14.4 Å². The van der Waals surface area contributed by atoms with E-state index in [9.17, 15) is 19.2 Å². The van der Waals surface area contributed by atoms with E-state index in [0.29, 0.717) is 17.8 Å². The molecule has 2 aromatic rings. The van der Waals surface area contributed by atoms with Crippen molar-refractivity contribution < 1.29 is 23.9 Å². The molecule has 0 radical (unpaired) electrons. The Bertz CT molecular complexity index is 996. The summed E-state index contributed by atoms with van der Waals surface area (Å²) in [5.41, 5.74) is 0.718. The molecule has 3 amide bonds. The number of methoxy groups -OCH3 is 1. The lowest BCUT2D eigenvalue weighted by molar-refractivity contribution is -0.143. The van der Waals surface area contributed by atoms with Crippen LogP contribution in [-0.4, -0.2) is 41.7 Å². The van der Waals surface area contributed by atoms with Crippen molar-refractivity contribution in [2.24, 2.45) is 5.92 Å². The van der Waals surface area contributed by atoms with Gasteiger partial charge < -0.3 is 9.64 Å². The minimum atomic E-state index is -0.820. The molecule has 168 valence electrons. The highest BCUT2D eigenvalue weighted by molar-refractivity contribution is 7.09. The van der Waals surface area contributed by atoms with Crippen molar-refractivity contribution in [1.29, 1.82) is 0 Å². The summed E-state index contributed by atoms with van der Waals surface area (Å²) in [6.45, 7) is 0.325. The third-order valence-electron chi connectivity index (χ3n) is 6.19. The average molecular weight is 455 g/mol. The second-order valence-corrected chi connectivity index (χ2v) is 9.24. The number of hydrogen-bond donors (Lipinski definition) is 0. The average Bonchev–Trinajstić information content (AvgIpc) is 3.44. The van der Waals surface area contributed by atoms with Crippen molar-refractivity contribution in [3.05, 3.63) is 52.2 Å². The molecule has 1 aliphatic heterocycles. The van der Waals surface area contributed by atoms with E-state index >= 15 is 0 Å². The number of carbonyl (C=O) groups is 4. The smallest absolute Gasteiger partial charge is 0.337 e. The number of nitrogens with zero attached hydrogens (tertiary/aromatic N) is 2. The summed E-state index contributed by atoms with van der Waals surface area (Å²) < 4.78 is 4.70. The topological polar surface area (TPSA) is 84.0 Å². The van der Waals surface area contributed by atoms with Gasteiger partial charge in [0.25, 0.3) is 5.91 Å². The number of hydrogen-bond acceptors (Lipinski definition) is 6. The van der Waals surface area contributed by atoms with Gasteiger partial charge in [-0.25, -0.2) is 9.69 Å². The van der Waals surface area contributed by atoms with Crippen LogP contribution in [0.15, 0.2) is 41.8 Å². The van der Waals surface area contributed by atoms with Crippen molar-refractivity contribution in [3.63, 3.8) is 0 Å². The quantitative estimate of drug-likeness (QED) is 0.490. The van der Waals surface area contributed by atoms with Crippen LogP contribution in [0.1, 0.15) is 53.8 Å². The minimum absolute atomic E-state index is 0.0351. The fourth-order valence-corrected chi connectivity index (χ4v) is 5.19. The van der Waals surface area contributed by atoms with E-state index in [0.717, 1.165) is 41.9 Å². The summed E-state index contributed by atoms with van der Waals surface area (Å²) in [6, 6.07) is 9.18. The van der Waals surface area contributed by atoms with E-state index in [1.165, 1.54) is 30.6 Å². The zero-order valence-electron chi connectivity index (χ0n) is 18.0. The molecule has 1 saturated carbocycles. The molecule has 0 N–H and O–H groups in total. The van der Waals surface area contributed by atoms with Crippen LogP contribution in [0.2, 0.25) is 0 Å². The lowest BCUT2D eigenvalue weighted by Crippen LogP contribution is -2.47. The van der Waals surface area contributed by atoms with Gasteiger partial charge in [0.15, 0.2) is 0 Å². The van der Waals surface area contributed by atoms with Crippen LogP contribution in [0.3, 0.4) is 0 Å². The monoisotopic (exact) mass is 454 g/mol. The van der Waals surface area contributed by atoms with E-state index in [1.807, 2.05) is 17.5 Å². The highest BCUT2D eigenvalue weighted by atomic mass is 32.1. The SMILES string of the molecule is COC(=O)c1ccc(N2C(=O)CC(N(Cc3cccs3)C(=O)C3CCCCC3)C2=O)cc1. The van der Waals surface area contributed by atoms with Crippen LogP contribution >= 0.6 is 11.3 Å². The number of benzene rings is 1. The van der Waals surface area contributed by atoms with Crippen LogP contribution < -0.4 is 4.90 Å². The number of thiophene rings is 1. The number of amides is 3. The maximum atomic E-state index is 13.5. The maximum absolute atomic E-state index is 13.5. The van der Waals surface area contributed by atoms with Crippen LogP contribution in [0.25, 0.3) is 0 Å². The largest absolute Gasteiger partial charge is 0.465 e. The molecule has 7 nitrogen and oxygen atoms in total. The van der Waals surface area contributed by atoms with Crippen LogP contribution in [0.5, 0.6) is 0 Å². The fourth-order valence-electron chi connectivity index (χ4n) is 4.49. The first kappa shape index (κ1) is 22.2. The molecule has 1 saturated heterocycles. The third kappa shape index (κ3) is 4.46. The maximum Gasteiger partial charge on any atom is 0.337 e. The molecule has 0 bridgehead atoms. The molecule has 1 aliphatic carbocycles. The Morgan fingerprint density at radius 2 is 1.81 bits per heavy atom. The van der Waals surface area contributed by atoms with Crippen LogP contribution in [0, 0.1) is 5.92 Å². The van der Waals surface area contributed by atoms with E-state index in [4.69, 9.17) is 4.74 Å². The Morgan fingerprint density at radius 3 is 2.44 bits per heavy atom. The molecule has 32 heavy (non-hydrogen) atoms. The molecule has 1 aromatic carbocycles. The highest BCUT2D eigenvalue weighted by Gasteiger charge is 2.45. The van der Waals surface area contributed by atoms with Gasteiger partial charge in [-0.05, 0) is 48.6 Å². The number of imide groups is 1. The Kier molecular flexibility index (Phi) is 6.69. The van der Waals surface area contributed by atoms with E-state index in [-0.39, 0.29) is 24.2 Å². The molecule has 8 heteroatoms. The van der Waals surface area contributed by atoms with Gasteiger partial charge in [-0.15, -0.1) is 11.3 Å². The predicted octanol–water partition coefficient (Wildman–Crippen LogP) is 3.78. The van der Waals surface area contributed by atoms with Gasteiger partial charge in [0, 0.05) is 10.8 Å². The van der Waals surface area contributed by atoms with Crippen molar-refractivity contribution in [1.82, 2.24) is 4.90 Å². The van der Waals surface area contributed by atoms with Gasteiger partial charge in [0.05, 0.1) is 31.3 Å². The number of esters is 1. The number of rotatable bonds is 6. The van der Waals surface area contributed by atoms with E-state index in [2.05, 4.69) is 0 Å². The summed E-state index contributed by atoms with van der Waals surface area (Å²) in [5.74, 6) is -1.37. The van der Waals surface area contributed by atoms with E-state index < -0.39 is 17.9 Å². The predicted molar refractivity (Wildman–Crippen MR) is 120 cm³/mol. The molecule has 4 rings (SSSR count). The van der Waals surface area contributed by atoms with Gasteiger partial charge in [0.2, 0.25) is 11.8 Å². The fraction of sp³-hybridized carbons (Fsp3) is 0.417. The molecule has 1 aromatic heterocycles. The molecule has 2 fully saturated rings.